The van der Waals surface area contributed by atoms with E-state index >= 15 is 0 Å². The van der Waals surface area contributed by atoms with Gasteiger partial charge in [0, 0.05) is 6.66 Å². The summed E-state index contributed by atoms with van der Waals surface area (Å²) in [5, 5.41) is 2.49. The first kappa shape index (κ1) is 22.3. The monoisotopic (exact) mass is 384 g/mol. The van der Waals surface area contributed by atoms with Crippen LogP contribution in [0.2, 0.25) is 0 Å². The van der Waals surface area contributed by atoms with E-state index in [1.807, 2.05) is 0 Å². The molecule has 4 atom stereocenters. The average molecular weight is 384 g/mol. The lowest BCUT2D eigenvalue weighted by atomic mass is 10.3. The van der Waals surface area contributed by atoms with E-state index in [1.54, 1.807) is 0 Å². The zero-order valence-corrected chi connectivity index (χ0v) is 14.5. The average Bonchev–Trinajstić information content (AvgIpc) is 2.32. The summed E-state index contributed by atoms with van der Waals surface area (Å²) in [7, 11) is -12.3. The van der Waals surface area contributed by atoms with Gasteiger partial charge in [-0.3, -0.25) is 9.13 Å². The fourth-order valence-electron chi connectivity index (χ4n) is 0.970. The van der Waals surface area contributed by atoms with Crippen LogP contribution >= 0.6 is 23.2 Å². The minimum atomic E-state index is -4.93. The van der Waals surface area contributed by atoms with Crippen LogP contribution in [0.5, 0.6) is 0 Å². The molecule has 0 aromatic carbocycles. The van der Waals surface area contributed by atoms with Gasteiger partial charge in [0.2, 0.25) is 0 Å². The van der Waals surface area contributed by atoms with Gasteiger partial charge in [-0.15, -0.1) is 0 Å². The molecule has 0 aromatic rings. The van der Waals surface area contributed by atoms with E-state index < -0.39 is 55.7 Å². The van der Waals surface area contributed by atoms with Crippen molar-refractivity contribution in [2.45, 2.75) is 6.04 Å². The molecule has 0 amide bonds. The molecule has 0 bridgehead atoms. The van der Waals surface area contributed by atoms with Gasteiger partial charge in [0.25, 0.3) is 15.6 Å². The van der Waals surface area contributed by atoms with Crippen molar-refractivity contribution in [1.29, 1.82) is 0 Å². The molecule has 0 spiro atoms. The van der Waals surface area contributed by atoms with E-state index in [0.29, 0.717) is 0 Å². The Kier molecular flexibility index (Phi) is 9.73. The lowest BCUT2D eigenvalue weighted by molar-refractivity contribution is -0.228. The summed E-state index contributed by atoms with van der Waals surface area (Å²) < 4.78 is 49.5. The molecule has 0 radical (unpaired) electrons. The first-order valence-corrected chi connectivity index (χ1v) is 10.7. The topological polar surface area (TPSA) is 190 Å². The zero-order valence-electron chi connectivity index (χ0n) is 11.8. The molecule has 15 heteroatoms. The smallest absolute Gasteiger partial charge is 0.268 e. The van der Waals surface area contributed by atoms with Gasteiger partial charge in [-0.2, -0.15) is 0 Å². The first-order valence-electron chi connectivity index (χ1n) is 5.73. The van der Waals surface area contributed by atoms with Crippen LogP contribution in [0, 0.1) is 0 Å². The second kappa shape index (κ2) is 9.58. The minimum absolute atomic E-state index is 0.505. The number of rotatable bonds is 12. The van der Waals surface area contributed by atoms with Crippen molar-refractivity contribution in [3.05, 3.63) is 0 Å². The molecule has 4 unspecified atom stereocenters. The largest absolute Gasteiger partial charge is 0.779 e. The van der Waals surface area contributed by atoms with E-state index in [0.717, 1.165) is 6.66 Å². The van der Waals surface area contributed by atoms with E-state index in [2.05, 4.69) is 23.4 Å². The maximum Gasteiger partial charge on any atom is 0.268 e. The maximum absolute atomic E-state index is 11.3. The van der Waals surface area contributed by atoms with Gasteiger partial charge in [-0.25, -0.2) is 0 Å². The highest BCUT2D eigenvalue weighted by Crippen LogP contribution is 2.39. The predicted molar refractivity (Wildman–Crippen MR) is 67.6 cm³/mol. The lowest BCUT2D eigenvalue weighted by Crippen LogP contribution is -2.35. The molecule has 0 rings (SSSR count). The van der Waals surface area contributed by atoms with Crippen LogP contribution in [-0.4, -0.2) is 51.1 Å². The quantitative estimate of drug-likeness (QED) is 0.272. The second-order valence-corrected chi connectivity index (χ2v) is 8.34. The lowest BCUT2D eigenvalue weighted by Gasteiger charge is -2.27. The molecule has 0 aliphatic carbocycles. The minimum Gasteiger partial charge on any atom is -0.779 e. The van der Waals surface area contributed by atoms with Crippen LogP contribution in [0.15, 0.2) is 0 Å². The van der Waals surface area contributed by atoms with E-state index in [9.17, 15) is 28.4 Å². The Morgan fingerprint density at radius 2 is 1.50 bits per heavy atom. The molecule has 0 saturated carbocycles. The van der Waals surface area contributed by atoms with Crippen molar-refractivity contribution in [2.24, 2.45) is 0 Å². The molecule has 12 nitrogen and oxygen atoms in total. The van der Waals surface area contributed by atoms with Crippen LogP contribution in [0.4, 0.5) is 0 Å². The van der Waals surface area contributed by atoms with Gasteiger partial charge in [0.05, 0.1) is 32.5 Å². The van der Waals surface area contributed by atoms with Gasteiger partial charge in [-0.1, -0.05) is 0 Å². The third-order valence-electron chi connectivity index (χ3n) is 1.94. The normalized spacial score (nSPS) is 21.5. The summed E-state index contributed by atoms with van der Waals surface area (Å²) in [6.07, 6.45) is 0. The molecular weight excluding hydrogens is 367 g/mol. The van der Waals surface area contributed by atoms with Crippen molar-refractivity contribution in [3.63, 3.8) is 0 Å². The van der Waals surface area contributed by atoms with Crippen molar-refractivity contribution in [3.8, 4) is 0 Å². The Balaban J connectivity index is 4.10. The number of nitrogens with one attached hydrogen (secondary N) is 1. The van der Waals surface area contributed by atoms with E-state index in [1.165, 1.54) is 7.05 Å². The van der Waals surface area contributed by atoms with Gasteiger partial charge in [0.1, 0.15) is 7.60 Å². The predicted octanol–water partition coefficient (Wildman–Crippen LogP) is -2.25. The highest BCUT2D eigenvalue weighted by atomic mass is 31.2. The summed E-state index contributed by atoms with van der Waals surface area (Å²) in [5.41, 5.74) is 0. The highest BCUT2D eigenvalue weighted by Gasteiger charge is 2.16. The molecule has 2 N–H and O–H groups in total. The number of likely N-dealkylation sites (N-methyl/N-ethyl adjacent to an activating group) is 1. The molecular formula is C7H17NO11P3-3. The van der Waals surface area contributed by atoms with Gasteiger partial charge in [-0.05, 0) is 7.05 Å². The van der Waals surface area contributed by atoms with Gasteiger partial charge >= 0.3 is 0 Å². The van der Waals surface area contributed by atoms with Crippen molar-refractivity contribution >= 4 is 23.2 Å². The second-order valence-electron chi connectivity index (χ2n) is 3.93. The molecule has 0 saturated heterocycles. The summed E-state index contributed by atoms with van der Waals surface area (Å²) in [6, 6.07) is -0.867. The van der Waals surface area contributed by atoms with Gasteiger partial charge in [0.15, 0.2) is 0 Å². The maximum atomic E-state index is 11.3. The number of phosphoric ester groups is 2. The Bertz CT molecular complexity index is 459. The highest BCUT2D eigenvalue weighted by molar-refractivity contribution is 7.50. The van der Waals surface area contributed by atoms with Crippen LogP contribution in [0.3, 0.4) is 0 Å². The number of phosphoric acid groups is 2. The first-order chi connectivity index (χ1) is 9.85. The number of hydrogen-bond donors (Lipinski definition) is 2. The Hall–Kier alpha value is 0.330. The standard InChI is InChI=1S/C7H20NO11P3/c1-8-7(5-18-21(11,12)13)6-19-22(14,15)17-4-3-16-20(2,9)10/h7-8H,3-6H2,1-2H3,(H,9,10)(H,14,15)(H2,11,12,13)/p-3. The summed E-state index contributed by atoms with van der Waals surface area (Å²) in [4.78, 5) is 40.8. The van der Waals surface area contributed by atoms with Crippen LogP contribution in [0.25, 0.3) is 0 Å². The van der Waals surface area contributed by atoms with E-state index in [-0.39, 0.29) is 0 Å². The third kappa shape index (κ3) is 14.0. The fourth-order valence-corrected chi connectivity index (χ4v) is 2.48. The Morgan fingerprint density at radius 1 is 1.00 bits per heavy atom. The summed E-state index contributed by atoms with van der Waals surface area (Å²) in [5.74, 6) is 0. The molecule has 0 aliphatic heterocycles. The zero-order chi connectivity index (χ0) is 17.4. The fraction of sp³-hybridized carbons (Fsp3) is 1.00. The van der Waals surface area contributed by atoms with E-state index in [4.69, 9.17) is 4.89 Å². The summed E-state index contributed by atoms with van der Waals surface area (Å²) >= 11 is 0. The third-order valence-corrected chi connectivity index (χ3v) is 4.03. The molecule has 134 valence electrons. The molecule has 0 aromatic heterocycles. The van der Waals surface area contributed by atoms with Crippen LogP contribution in [-0.2, 0) is 31.8 Å². The van der Waals surface area contributed by atoms with Crippen molar-refractivity contribution in [2.75, 3.05) is 40.1 Å². The Morgan fingerprint density at radius 3 is 1.95 bits per heavy atom. The Labute approximate surface area is 127 Å². The molecule has 0 heterocycles. The van der Waals surface area contributed by atoms with Crippen LogP contribution in [0.1, 0.15) is 0 Å². The molecule has 22 heavy (non-hydrogen) atoms. The SMILES string of the molecule is CNC(COP(=O)([O-])O)COP(=O)([O-])OCCOP(C)(=O)[O-]. The van der Waals surface area contributed by atoms with Crippen molar-refractivity contribution in [1.82, 2.24) is 5.32 Å². The number of hydrogen-bond acceptors (Lipinski definition) is 11. The molecule has 0 fully saturated rings. The summed E-state index contributed by atoms with van der Waals surface area (Å²) in [6.45, 7) is -1.37. The van der Waals surface area contributed by atoms with Crippen molar-refractivity contribution < 1.29 is 51.4 Å². The van der Waals surface area contributed by atoms with Crippen LogP contribution < -0.4 is 20.0 Å². The molecule has 0 aliphatic rings. The van der Waals surface area contributed by atoms with Gasteiger partial charge < -0.3 is 47.6 Å².